The fourth-order valence-electron chi connectivity index (χ4n) is 2.20. The second-order valence-electron chi connectivity index (χ2n) is 4.80. The molecule has 0 bridgehead atoms. The van der Waals surface area contributed by atoms with Crippen molar-refractivity contribution in [3.8, 4) is 11.5 Å². The number of amides is 2. The zero-order chi connectivity index (χ0) is 15.7. The summed E-state index contributed by atoms with van der Waals surface area (Å²) in [7, 11) is 0. The summed E-state index contributed by atoms with van der Waals surface area (Å²) in [4.78, 5) is 26.9. The third kappa shape index (κ3) is 2.54. The van der Waals surface area contributed by atoms with Crippen molar-refractivity contribution in [1.82, 2.24) is 4.98 Å². The Labute approximate surface area is 125 Å². The van der Waals surface area contributed by atoms with Gasteiger partial charge in [0.05, 0.1) is 5.56 Å². The molecule has 0 saturated carbocycles. The van der Waals surface area contributed by atoms with Crippen molar-refractivity contribution in [2.24, 2.45) is 5.73 Å². The number of hydrogen-bond donors (Lipinski definition) is 2. The number of nitrogens with two attached hydrogens (primary N) is 1. The summed E-state index contributed by atoms with van der Waals surface area (Å²) in [6.45, 7) is 1.44. The average Bonchev–Trinajstić information content (AvgIpc) is 2.90. The predicted molar refractivity (Wildman–Crippen MR) is 82.3 cm³/mol. The maximum atomic E-state index is 11.4. The molecule has 0 atom stereocenters. The van der Waals surface area contributed by atoms with Gasteiger partial charge in [-0.2, -0.15) is 0 Å². The van der Waals surface area contributed by atoms with Gasteiger partial charge in [-0.3, -0.25) is 9.59 Å². The van der Waals surface area contributed by atoms with Crippen molar-refractivity contribution < 1.29 is 14.0 Å². The lowest BCUT2D eigenvalue weighted by molar-refractivity contribution is -0.114. The predicted octanol–water partition coefficient (Wildman–Crippen LogP) is 2.55. The number of benzene rings is 2. The number of aromatic nitrogens is 1. The monoisotopic (exact) mass is 295 g/mol. The van der Waals surface area contributed by atoms with Crippen LogP contribution in [0.25, 0.3) is 22.6 Å². The highest BCUT2D eigenvalue weighted by molar-refractivity contribution is 6.04. The summed E-state index contributed by atoms with van der Waals surface area (Å²) in [5.74, 6) is -0.362. The lowest BCUT2D eigenvalue weighted by Gasteiger charge is -2.02. The molecule has 2 amide bonds. The summed E-state index contributed by atoms with van der Waals surface area (Å²) >= 11 is 0. The van der Waals surface area contributed by atoms with Crippen molar-refractivity contribution in [2.75, 3.05) is 5.32 Å². The molecule has 1 aromatic heterocycles. The van der Waals surface area contributed by atoms with Gasteiger partial charge in [0.15, 0.2) is 5.58 Å². The van der Waals surface area contributed by atoms with Gasteiger partial charge in [-0.05, 0) is 30.3 Å². The maximum absolute atomic E-state index is 11.4. The van der Waals surface area contributed by atoms with Crippen LogP contribution in [-0.4, -0.2) is 16.8 Å². The van der Waals surface area contributed by atoms with Crippen LogP contribution in [0.15, 0.2) is 46.9 Å². The topological polar surface area (TPSA) is 98.2 Å². The van der Waals surface area contributed by atoms with E-state index in [-0.39, 0.29) is 5.91 Å². The number of para-hydroxylation sites is 1. The molecule has 3 rings (SSSR count). The lowest BCUT2D eigenvalue weighted by atomic mass is 10.2. The van der Waals surface area contributed by atoms with E-state index in [9.17, 15) is 9.59 Å². The minimum atomic E-state index is -0.558. The molecule has 0 unspecified atom stereocenters. The fourth-order valence-corrected chi connectivity index (χ4v) is 2.20. The molecule has 6 nitrogen and oxygen atoms in total. The van der Waals surface area contributed by atoms with Crippen molar-refractivity contribution in [3.63, 3.8) is 0 Å². The molecule has 3 N–H and O–H groups in total. The van der Waals surface area contributed by atoms with Gasteiger partial charge in [0.1, 0.15) is 5.52 Å². The molecule has 0 spiro atoms. The van der Waals surface area contributed by atoms with Crippen molar-refractivity contribution >= 4 is 28.6 Å². The Morgan fingerprint density at radius 1 is 1.18 bits per heavy atom. The van der Waals surface area contributed by atoms with Crippen LogP contribution in [0.3, 0.4) is 0 Å². The van der Waals surface area contributed by atoms with E-state index in [1.165, 1.54) is 6.92 Å². The first-order valence-electron chi connectivity index (χ1n) is 6.62. The average molecular weight is 295 g/mol. The number of rotatable bonds is 3. The Bertz CT molecular complexity index is 883. The SMILES string of the molecule is CC(=O)Nc1cccc(-c2nc3c(C(N)=O)cccc3o2)c1. The molecule has 6 heteroatoms. The standard InChI is InChI=1S/C16H13N3O3/c1-9(20)18-11-5-2-4-10(8-11)16-19-14-12(15(17)21)6-3-7-13(14)22-16/h2-8H,1H3,(H2,17,21)(H,18,20). The van der Waals surface area contributed by atoms with Gasteiger partial charge in [0.25, 0.3) is 5.91 Å². The van der Waals surface area contributed by atoms with Gasteiger partial charge < -0.3 is 15.5 Å². The Hall–Kier alpha value is -3.15. The van der Waals surface area contributed by atoms with Gasteiger partial charge in [-0.1, -0.05) is 12.1 Å². The van der Waals surface area contributed by atoms with Crippen LogP contribution in [0, 0.1) is 0 Å². The van der Waals surface area contributed by atoms with E-state index in [0.717, 1.165) is 0 Å². The summed E-state index contributed by atoms with van der Waals surface area (Å²) in [5, 5.41) is 2.70. The van der Waals surface area contributed by atoms with Crippen LogP contribution < -0.4 is 11.1 Å². The molecule has 0 aliphatic rings. The Morgan fingerprint density at radius 2 is 1.95 bits per heavy atom. The van der Waals surface area contributed by atoms with Crippen LogP contribution in [0.1, 0.15) is 17.3 Å². The van der Waals surface area contributed by atoms with Gasteiger partial charge in [0.2, 0.25) is 11.8 Å². The minimum Gasteiger partial charge on any atom is -0.436 e. The quantitative estimate of drug-likeness (QED) is 0.775. The smallest absolute Gasteiger partial charge is 0.251 e. The van der Waals surface area contributed by atoms with E-state index >= 15 is 0 Å². The zero-order valence-corrected chi connectivity index (χ0v) is 11.8. The van der Waals surface area contributed by atoms with Crippen LogP contribution in [0.4, 0.5) is 5.69 Å². The van der Waals surface area contributed by atoms with E-state index in [0.29, 0.717) is 33.8 Å². The first-order valence-corrected chi connectivity index (χ1v) is 6.62. The third-order valence-corrected chi connectivity index (χ3v) is 3.11. The molecule has 0 aliphatic heterocycles. The first-order chi connectivity index (χ1) is 10.5. The molecular weight excluding hydrogens is 282 g/mol. The van der Waals surface area contributed by atoms with Gasteiger partial charge in [0, 0.05) is 18.2 Å². The maximum Gasteiger partial charge on any atom is 0.251 e. The van der Waals surface area contributed by atoms with Crippen LogP contribution >= 0.6 is 0 Å². The number of carbonyl (C=O) groups excluding carboxylic acids is 2. The molecule has 22 heavy (non-hydrogen) atoms. The Kier molecular flexibility index (Phi) is 3.34. The Morgan fingerprint density at radius 3 is 2.68 bits per heavy atom. The second kappa shape index (κ2) is 5.33. The lowest BCUT2D eigenvalue weighted by Crippen LogP contribution is -2.11. The van der Waals surface area contributed by atoms with Crippen LogP contribution in [-0.2, 0) is 4.79 Å². The van der Waals surface area contributed by atoms with Crippen LogP contribution in [0.5, 0.6) is 0 Å². The number of carbonyl (C=O) groups is 2. The minimum absolute atomic E-state index is 0.161. The highest BCUT2D eigenvalue weighted by Crippen LogP contribution is 2.27. The number of anilines is 1. The van der Waals surface area contributed by atoms with Gasteiger partial charge in [-0.15, -0.1) is 0 Å². The number of oxazole rings is 1. The number of nitrogens with one attached hydrogen (secondary N) is 1. The van der Waals surface area contributed by atoms with E-state index in [4.69, 9.17) is 10.2 Å². The molecular formula is C16H13N3O3. The largest absolute Gasteiger partial charge is 0.436 e. The molecule has 0 radical (unpaired) electrons. The van der Waals surface area contributed by atoms with Crippen LogP contribution in [0.2, 0.25) is 0 Å². The summed E-state index contributed by atoms with van der Waals surface area (Å²) < 4.78 is 5.67. The number of fused-ring (bicyclic) bond motifs is 1. The highest BCUT2D eigenvalue weighted by atomic mass is 16.3. The number of hydrogen-bond acceptors (Lipinski definition) is 4. The van der Waals surface area contributed by atoms with Crippen molar-refractivity contribution in [1.29, 1.82) is 0 Å². The molecule has 0 aliphatic carbocycles. The summed E-state index contributed by atoms with van der Waals surface area (Å²) in [5.41, 5.74) is 7.89. The fraction of sp³-hybridized carbons (Fsp3) is 0.0625. The molecule has 2 aromatic carbocycles. The zero-order valence-electron chi connectivity index (χ0n) is 11.8. The number of nitrogens with zero attached hydrogens (tertiary/aromatic N) is 1. The van der Waals surface area contributed by atoms with Crippen molar-refractivity contribution in [3.05, 3.63) is 48.0 Å². The molecule has 3 aromatic rings. The summed E-state index contributed by atoms with van der Waals surface area (Å²) in [6.07, 6.45) is 0. The third-order valence-electron chi connectivity index (χ3n) is 3.11. The van der Waals surface area contributed by atoms with Gasteiger partial charge >= 0.3 is 0 Å². The highest BCUT2D eigenvalue weighted by Gasteiger charge is 2.14. The van der Waals surface area contributed by atoms with E-state index in [1.807, 2.05) is 0 Å². The van der Waals surface area contributed by atoms with E-state index in [2.05, 4.69) is 10.3 Å². The normalized spacial score (nSPS) is 10.6. The number of primary amides is 1. The first kappa shape index (κ1) is 13.8. The molecule has 0 saturated heterocycles. The van der Waals surface area contributed by atoms with E-state index < -0.39 is 5.91 Å². The molecule has 110 valence electrons. The second-order valence-corrected chi connectivity index (χ2v) is 4.80. The van der Waals surface area contributed by atoms with E-state index in [1.54, 1.807) is 42.5 Å². The summed E-state index contributed by atoms with van der Waals surface area (Å²) in [6, 6.07) is 12.1. The molecule has 1 heterocycles. The Balaban J connectivity index is 2.09. The van der Waals surface area contributed by atoms with Gasteiger partial charge in [-0.25, -0.2) is 4.98 Å². The van der Waals surface area contributed by atoms with Crippen molar-refractivity contribution in [2.45, 2.75) is 6.92 Å². The molecule has 0 fully saturated rings.